The van der Waals surface area contributed by atoms with Crippen LogP contribution in [-0.2, 0) is 14.0 Å². The maximum atomic E-state index is 12.0. The highest BCUT2D eigenvalue weighted by molar-refractivity contribution is 6.77. The van der Waals surface area contributed by atoms with E-state index in [2.05, 4.69) is 58.7 Å². The van der Waals surface area contributed by atoms with Crippen molar-refractivity contribution in [3.63, 3.8) is 0 Å². The number of amides is 1. The van der Waals surface area contributed by atoms with Crippen molar-refractivity contribution in [2.75, 3.05) is 13.2 Å². The summed E-state index contributed by atoms with van der Waals surface area (Å²) in [5.41, 5.74) is 1.17. The van der Waals surface area contributed by atoms with Crippen LogP contribution in [0.15, 0.2) is 0 Å². The summed E-state index contributed by atoms with van der Waals surface area (Å²) >= 11 is 0. The Morgan fingerprint density at radius 3 is 1.93 bits per heavy atom. The first kappa shape index (κ1) is 28.7. The van der Waals surface area contributed by atoms with E-state index in [9.17, 15) is 9.59 Å². The van der Waals surface area contributed by atoms with E-state index in [0.29, 0.717) is 55.5 Å². The Kier molecular flexibility index (Phi) is 13.3. The molecule has 0 fully saturated rings. The van der Waals surface area contributed by atoms with Crippen LogP contribution in [0.1, 0.15) is 94.4 Å². The normalized spacial score (nSPS) is 12.1. The molecule has 0 spiro atoms. The smallest absolute Gasteiger partial charge is 0.407 e. The van der Waals surface area contributed by atoms with Crippen LogP contribution in [0.3, 0.4) is 0 Å². The van der Waals surface area contributed by atoms with E-state index in [1.165, 1.54) is 0 Å². The van der Waals surface area contributed by atoms with Gasteiger partial charge in [0.15, 0.2) is 0 Å². The maximum Gasteiger partial charge on any atom is 0.407 e. The van der Waals surface area contributed by atoms with Crippen LogP contribution >= 0.6 is 0 Å². The molecule has 6 heteroatoms. The summed E-state index contributed by atoms with van der Waals surface area (Å²) in [5.74, 6) is 6.52. The van der Waals surface area contributed by atoms with Gasteiger partial charge in [-0.15, -0.1) is 5.92 Å². The van der Waals surface area contributed by atoms with E-state index in [1.807, 2.05) is 20.8 Å². The summed E-state index contributed by atoms with van der Waals surface area (Å²) in [6, 6.07) is 0. The zero-order valence-electron chi connectivity index (χ0n) is 20.8. The van der Waals surface area contributed by atoms with Gasteiger partial charge in [-0.05, 0) is 50.2 Å². The first-order valence-electron chi connectivity index (χ1n) is 11.4. The van der Waals surface area contributed by atoms with Gasteiger partial charge in [-0.25, -0.2) is 4.79 Å². The molecule has 0 rings (SSSR count). The highest BCUT2D eigenvalue weighted by Gasteiger charge is 2.44. The Morgan fingerprint density at radius 1 is 0.900 bits per heavy atom. The zero-order valence-corrected chi connectivity index (χ0v) is 21.8. The van der Waals surface area contributed by atoms with Gasteiger partial charge in [0.1, 0.15) is 11.4 Å². The topological polar surface area (TPSA) is 64.6 Å². The number of hydrogen-bond donors (Lipinski definition) is 1. The molecular formula is C24H45NO4Si. The lowest BCUT2D eigenvalue weighted by Crippen LogP contribution is -2.47. The summed E-state index contributed by atoms with van der Waals surface area (Å²) in [4.78, 5) is 23.5. The first-order valence-corrected chi connectivity index (χ1v) is 13.5. The predicted octanol–water partition coefficient (Wildman–Crippen LogP) is 6.23. The maximum absolute atomic E-state index is 12.0. The number of carbonyl (C=O) groups excluding carboxylic acids is 2. The molecule has 30 heavy (non-hydrogen) atoms. The van der Waals surface area contributed by atoms with Gasteiger partial charge in [0.2, 0.25) is 8.32 Å². The van der Waals surface area contributed by atoms with Crippen molar-refractivity contribution < 1.29 is 18.8 Å². The molecule has 0 aromatic heterocycles. The molecule has 0 aliphatic heterocycles. The molecule has 0 heterocycles. The lowest BCUT2D eigenvalue weighted by atomic mass is 10.1. The van der Waals surface area contributed by atoms with Crippen molar-refractivity contribution in [3.8, 4) is 11.8 Å². The molecule has 0 aliphatic rings. The number of alkyl carbamates (subject to hydrolysis) is 1. The number of rotatable bonds is 12. The van der Waals surface area contributed by atoms with E-state index in [1.54, 1.807) is 0 Å². The van der Waals surface area contributed by atoms with Gasteiger partial charge in [-0.2, -0.15) is 0 Å². The molecule has 5 nitrogen and oxygen atoms in total. The number of hydrogen-bond acceptors (Lipinski definition) is 4. The molecule has 174 valence electrons. The monoisotopic (exact) mass is 439 g/mol. The molecule has 1 amide bonds. The minimum Gasteiger partial charge on any atom is -0.444 e. The van der Waals surface area contributed by atoms with Gasteiger partial charge in [0.25, 0.3) is 0 Å². The van der Waals surface area contributed by atoms with Crippen molar-refractivity contribution in [3.05, 3.63) is 0 Å². The number of Topliss-reactive ketones (excluding diaryl/α,β-unsaturated/α-hetero) is 1. The van der Waals surface area contributed by atoms with Crippen LogP contribution in [0.2, 0.25) is 16.6 Å². The quantitative estimate of drug-likeness (QED) is 0.222. The molecule has 1 N–H and O–H groups in total. The highest BCUT2D eigenvalue weighted by Crippen LogP contribution is 2.41. The largest absolute Gasteiger partial charge is 0.444 e. The second-order valence-corrected chi connectivity index (χ2v) is 15.3. The van der Waals surface area contributed by atoms with E-state index in [-0.39, 0.29) is 5.78 Å². The van der Waals surface area contributed by atoms with E-state index < -0.39 is 20.0 Å². The molecule has 0 radical (unpaired) electrons. The Morgan fingerprint density at radius 2 is 1.43 bits per heavy atom. The summed E-state index contributed by atoms with van der Waals surface area (Å²) in [5, 5.41) is 2.67. The second-order valence-electron chi connectivity index (χ2n) is 9.88. The third kappa shape index (κ3) is 11.2. The first-order chi connectivity index (χ1) is 13.8. The minimum atomic E-state index is -1.85. The van der Waals surface area contributed by atoms with Gasteiger partial charge >= 0.3 is 6.09 Å². The lowest BCUT2D eigenvalue weighted by molar-refractivity contribution is -0.119. The molecular weight excluding hydrogens is 394 g/mol. The fourth-order valence-electron chi connectivity index (χ4n) is 4.09. The Balaban J connectivity index is 4.07. The zero-order chi connectivity index (χ0) is 23.4. The van der Waals surface area contributed by atoms with Gasteiger partial charge < -0.3 is 14.5 Å². The molecule has 0 bridgehead atoms. The van der Waals surface area contributed by atoms with Crippen molar-refractivity contribution in [1.29, 1.82) is 0 Å². The van der Waals surface area contributed by atoms with Crippen molar-refractivity contribution in [2.24, 2.45) is 0 Å². The summed E-state index contributed by atoms with van der Waals surface area (Å²) < 4.78 is 11.6. The predicted molar refractivity (Wildman–Crippen MR) is 127 cm³/mol. The van der Waals surface area contributed by atoms with Crippen LogP contribution in [0, 0.1) is 11.8 Å². The van der Waals surface area contributed by atoms with Crippen LogP contribution in [0.5, 0.6) is 0 Å². The molecule has 0 aromatic carbocycles. The second kappa shape index (κ2) is 13.9. The fraction of sp³-hybridized carbons (Fsp3) is 0.833. The molecule has 0 saturated heterocycles. The van der Waals surface area contributed by atoms with Crippen LogP contribution in [0.4, 0.5) is 4.79 Å². The standard InChI is InChI=1S/C24H45NO4Si/c1-19(2)30(20(3)4,21(5)6)28-18-13-11-10-12-15-22(26)16-14-17-25-23(27)29-24(7,8)9/h19-21H,10,12,14-18H2,1-9H3,(H,25,27). The van der Waals surface area contributed by atoms with Gasteiger partial charge in [-0.1, -0.05) is 47.5 Å². The van der Waals surface area contributed by atoms with Gasteiger partial charge in [0.05, 0.1) is 6.61 Å². The van der Waals surface area contributed by atoms with E-state index in [4.69, 9.17) is 9.16 Å². The van der Waals surface area contributed by atoms with Gasteiger partial charge in [-0.3, -0.25) is 4.79 Å². The average molecular weight is 440 g/mol. The van der Waals surface area contributed by atoms with Crippen LogP contribution in [0.25, 0.3) is 0 Å². The lowest BCUT2D eigenvalue weighted by Gasteiger charge is -2.41. The molecule has 0 aliphatic carbocycles. The third-order valence-corrected chi connectivity index (χ3v) is 11.3. The Labute approximate surface area is 186 Å². The van der Waals surface area contributed by atoms with Crippen LogP contribution in [-0.4, -0.2) is 38.9 Å². The van der Waals surface area contributed by atoms with Crippen LogP contribution < -0.4 is 5.32 Å². The molecule has 0 unspecified atom stereocenters. The Bertz CT molecular complexity index is 560. The number of ketones is 1. The number of nitrogens with one attached hydrogen (secondary N) is 1. The number of carbonyl (C=O) groups is 2. The minimum absolute atomic E-state index is 0.213. The SMILES string of the molecule is CC(C)[Si](OCC#CCCCC(=O)CCCNC(=O)OC(C)(C)C)(C(C)C)C(C)C. The highest BCUT2D eigenvalue weighted by atomic mass is 28.4. The molecule has 0 saturated carbocycles. The fourth-order valence-corrected chi connectivity index (χ4v) is 9.41. The third-order valence-electron chi connectivity index (χ3n) is 5.28. The average Bonchev–Trinajstić information content (AvgIpc) is 2.58. The molecule has 0 atom stereocenters. The number of unbranched alkanes of at least 4 members (excludes halogenated alkanes) is 1. The van der Waals surface area contributed by atoms with Gasteiger partial charge in [0, 0.05) is 25.8 Å². The van der Waals surface area contributed by atoms with Crippen molar-refractivity contribution in [1.82, 2.24) is 5.32 Å². The molecule has 0 aromatic rings. The van der Waals surface area contributed by atoms with Crippen molar-refractivity contribution >= 4 is 20.2 Å². The summed E-state index contributed by atoms with van der Waals surface area (Å²) in [6.07, 6.45) is 2.68. The van der Waals surface area contributed by atoms with E-state index >= 15 is 0 Å². The van der Waals surface area contributed by atoms with E-state index in [0.717, 1.165) is 6.42 Å². The summed E-state index contributed by atoms with van der Waals surface area (Å²) in [6.45, 7) is 20.0. The Hall–Kier alpha value is -1.32. The number of ether oxygens (including phenoxy) is 1. The summed E-state index contributed by atoms with van der Waals surface area (Å²) in [7, 11) is -1.85. The van der Waals surface area contributed by atoms with Crippen molar-refractivity contribution in [2.45, 2.75) is 117 Å².